The molecule has 0 amide bonds. The van der Waals surface area contributed by atoms with Gasteiger partial charge in [-0.1, -0.05) is 12.1 Å². The molecule has 23 heavy (non-hydrogen) atoms. The van der Waals surface area contributed by atoms with Gasteiger partial charge in [0.1, 0.15) is 31.9 Å². The maximum Gasteiger partial charge on any atom is 0.166 e. The highest BCUT2D eigenvalue weighted by atomic mass is 32.1. The van der Waals surface area contributed by atoms with Crippen molar-refractivity contribution in [3.05, 3.63) is 29.8 Å². The van der Waals surface area contributed by atoms with E-state index in [0.29, 0.717) is 0 Å². The third-order valence-electron chi connectivity index (χ3n) is 4.42. The average Bonchev–Trinajstić information content (AvgIpc) is 2.59. The second-order valence-corrected chi connectivity index (χ2v) is 6.68. The fourth-order valence-electron chi connectivity index (χ4n) is 2.81. The number of benzene rings is 1. The Kier molecular flexibility index (Phi) is 7.58. The first kappa shape index (κ1) is 18.0. The number of nitrogens with one attached hydrogen (secondary N) is 4. The van der Waals surface area contributed by atoms with E-state index >= 15 is 0 Å². The van der Waals surface area contributed by atoms with Crippen molar-refractivity contribution in [3.8, 4) is 5.75 Å². The van der Waals surface area contributed by atoms with Crippen LogP contribution < -0.4 is 25.2 Å². The number of ether oxygens (including phenoxy) is 1. The maximum absolute atomic E-state index is 5.33. The van der Waals surface area contributed by atoms with Crippen LogP contribution in [0.3, 0.4) is 0 Å². The van der Waals surface area contributed by atoms with Crippen LogP contribution in [0.5, 0.6) is 5.75 Å². The van der Waals surface area contributed by atoms with Crippen LogP contribution in [0.2, 0.25) is 0 Å². The lowest BCUT2D eigenvalue weighted by atomic mass is 10.2. The molecule has 1 heterocycles. The van der Waals surface area contributed by atoms with E-state index in [1.54, 1.807) is 16.9 Å². The van der Waals surface area contributed by atoms with E-state index in [1.807, 2.05) is 24.3 Å². The average molecular weight is 339 g/mol. The van der Waals surface area contributed by atoms with Crippen LogP contribution in [0.25, 0.3) is 0 Å². The lowest BCUT2D eigenvalue weighted by Gasteiger charge is -2.27. The SMILES string of the molecule is COc1ccc(CNC(=S)NCCC[NH+]2CC[NH+](C)CC2)cc1. The van der Waals surface area contributed by atoms with Gasteiger partial charge in [-0.05, 0) is 29.9 Å². The second-order valence-electron chi connectivity index (χ2n) is 6.27. The summed E-state index contributed by atoms with van der Waals surface area (Å²) < 4.78 is 5.15. The number of hydrogen-bond acceptors (Lipinski definition) is 2. The van der Waals surface area contributed by atoms with Gasteiger partial charge >= 0.3 is 0 Å². The highest BCUT2D eigenvalue weighted by Gasteiger charge is 2.18. The molecule has 1 aromatic rings. The first-order chi connectivity index (χ1) is 11.2. The summed E-state index contributed by atoms with van der Waals surface area (Å²) in [5.74, 6) is 0.877. The molecule has 0 bridgehead atoms. The zero-order valence-electron chi connectivity index (χ0n) is 14.3. The predicted molar refractivity (Wildman–Crippen MR) is 97.2 cm³/mol. The lowest BCUT2D eigenvalue weighted by molar-refractivity contribution is -1.00. The molecule has 1 aliphatic rings. The van der Waals surface area contributed by atoms with Crippen molar-refractivity contribution in [2.45, 2.75) is 13.0 Å². The molecule has 0 atom stereocenters. The molecule has 0 saturated carbocycles. The summed E-state index contributed by atoms with van der Waals surface area (Å²) in [5, 5.41) is 7.29. The highest BCUT2D eigenvalue weighted by Crippen LogP contribution is 2.10. The molecule has 128 valence electrons. The predicted octanol–water partition coefficient (Wildman–Crippen LogP) is -1.54. The molecule has 4 N–H and O–H groups in total. The fourth-order valence-corrected chi connectivity index (χ4v) is 2.98. The van der Waals surface area contributed by atoms with Gasteiger partial charge in [-0.25, -0.2) is 0 Å². The summed E-state index contributed by atoms with van der Waals surface area (Å²) in [6.07, 6.45) is 1.17. The maximum atomic E-state index is 5.33. The van der Waals surface area contributed by atoms with Crippen molar-refractivity contribution in [2.24, 2.45) is 0 Å². The van der Waals surface area contributed by atoms with E-state index in [0.717, 1.165) is 24.0 Å². The Balaban J connectivity index is 1.54. The smallest absolute Gasteiger partial charge is 0.166 e. The molecular formula is C17H30N4OS+2. The fraction of sp³-hybridized carbons (Fsp3) is 0.588. The van der Waals surface area contributed by atoms with E-state index in [9.17, 15) is 0 Å². The van der Waals surface area contributed by atoms with Crippen molar-refractivity contribution in [2.75, 3.05) is 53.4 Å². The van der Waals surface area contributed by atoms with Gasteiger partial charge in [0, 0.05) is 19.5 Å². The van der Waals surface area contributed by atoms with Crippen molar-refractivity contribution < 1.29 is 14.5 Å². The highest BCUT2D eigenvalue weighted by molar-refractivity contribution is 7.80. The third-order valence-corrected chi connectivity index (χ3v) is 4.70. The Morgan fingerprint density at radius 3 is 2.48 bits per heavy atom. The van der Waals surface area contributed by atoms with Crippen LogP contribution >= 0.6 is 12.2 Å². The molecule has 0 aliphatic carbocycles. The molecule has 1 fully saturated rings. The van der Waals surface area contributed by atoms with Crippen LogP contribution in [-0.2, 0) is 6.54 Å². The zero-order chi connectivity index (χ0) is 16.5. The summed E-state index contributed by atoms with van der Waals surface area (Å²) in [4.78, 5) is 3.39. The van der Waals surface area contributed by atoms with E-state index in [1.165, 1.54) is 44.7 Å². The quantitative estimate of drug-likeness (QED) is 0.360. The van der Waals surface area contributed by atoms with Crippen LogP contribution in [-0.4, -0.2) is 58.5 Å². The Labute approximate surface area is 145 Å². The van der Waals surface area contributed by atoms with Crippen LogP contribution in [0, 0.1) is 0 Å². The van der Waals surface area contributed by atoms with Crippen molar-refractivity contribution in [3.63, 3.8) is 0 Å². The molecule has 0 aromatic heterocycles. The molecular weight excluding hydrogens is 308 g/mol. The summed E-state index contributed by atoms with van der Waals surface area (Å²) in [5.41, 5.74) is 1.19. The minimum atomic E-state index is 0.735. The topological polar surface area (TPSA) is 42.2 Å². The molecule has 1 aliphatic heterocycles. The molecule has 1 aromatic carbocycles. The Bertz CT molecular complexity index is 472. The Morgan fingerprint density at radius 1 is 1.13 bits per heavy atom. The van der Waals surface area contributed by atoms with Crippen LogP contribution in [0.1, 0.15) is 12.0 Å². The van der Waals surface area contributed by atoms with Gasteiger partial charge in [-0.15, -0.1) is 0 Å². The van der Waals surface area contributed by atoms with Gasteiger partial charge in [0.15, 0.2) is 5.11 Å². The van der Waals surface area contributed by atoms with Crippen LogP contribution in [0.15, 0.2) is 24.3 Å². The summed E-state index contributed by atoms with van der Waals surface area (Å²) in [6.45, 7) is 8.11. The van der Waals surface area contributed by atoms with Gasteiger partial charge < -0.3 is 25.2 Å². The largest absolute Gasteiger partial charge is 0.497 e. The van der Waals surface area contributed by atoms with E-state index in [4.69, 9.17) is 17.0 Å². The third kappa shape index (κ3) is 6.72. The second kappa shape index (κ2) is 9.70. The standard InChI is InChI=1S/C17H28N4OS/c1-20-10-12-21(13-11-20)9-3-8-18-17(23)19-14-15-4-6-16(22-2)7-5-15/h4-7H,3,8-14H2,1-2H3,(H2,18,19,23)/p+2. The molecule has 0 radical (unpaired) electrons. The zero-order valence-corrected chi connectivity index (χ0v) is 15.1. The number of piperazine rings is 1. The van der Waals surface area contributed by atoms with E-state index in [2.05, 4.69) is 17.7 Å². The normalized spacial score (nSPS) is 20.8. The molecule has 1 saturated heterocycles. The number of methoxy groups -OCH3 is 1. The number of thiocarbonyl (C=S) groups is 1. The lowest BCUT2D eigenvalue weighted by Crippen LogP contribution is -3.27. The van der Waals surface area contributed by atoms with Crippen molar-refractivity contribution >= 4 is 17.3 Å². The molecule has 2 rings (SSSR count). The number of rotatable bonds is 7. The van der Waals surface area contributed by atoms with E-state index < -0.39 is 0 Å². The first-order valence-corrected chi connectivity index (χ1v) is 8.87. The van der Waals surface area contributed by atoms with Crippen molar-refractivity contribution in [1.29, 1.82) is 0 Å². The summed E-state index contributed by atoms with van der Waals surface area (Å²) >= 11 is 5.33. The molecule has 0 unspecified atom stereocenters. The number of quaternary nitrogens is 2. The van der Waals surface area contributed by atoms with Gasteiger partial charge in [0.2, 0.25) is 0 Å². The Morgan fingerprint density at radius 2 is 1.83 bits per heavy atom. The summed E-state index contributed by atoms with van der Waals surface area (Å²) in [6, 6.07) is 8.03. The van der Waals surface area contributed by atoms with Gasteiger partial charge in [0.25, 0.3) is 0 Å². The molecule has 0 spiro atoms. The monoisotopic (exact) mass is 338 g/mol. The van der Waals surface area contributed by atoms with Crippen LogP contribution in [0.4, 0.5) is 0 Å². The minimum Gasteiger partial charge on any atom is -0.497 e. The van der Waals surface area contributed by atoms with Gasteiger partial charge in [-0.3, -0.25) is 0 Å². The first-order valence-electron chi connectivity index (χ1n) is 8.47. The number of hydrogen-bond donors (Lipinski definition) is 4. The van der Waals surface area contributed by atoms with Gasteiger partial charge in [-0.2, -0.15) is 0 Å². The van der Waals surface area contributed by atoms with Crippen molar-refractivity contribution in [1.82, 2.24) is 10.6 Å². The molecule has 5 nitrogen and oxygen atoms in total. The van der Waals surface area contributed by atoms with E-state index in [-0.39, 0.29) is 0 Å². The van der Waals surface area contributed by atoms with Gasteiger partial charge in [0.05, 0.1) is 20.7 Å². The number of likely N-dealkylation sites (N-methyl/N-ethyl adjacent to an activating group) is 1. The Hall–Kier alpha value is -1.37. The minimum absolute atomic E-state index is 0.735. The molecule has 6 heteroatoms. The summed E-state index contributed by atoms with van der Waals surface area (Å²) in [7, 11) is 3.96.